The number of nitriles is 1. The van der Waals surface area contributed by atoms with E-state index in [2.05, 4.69) is 11.4 Å². The van der Waals surface area contributed by atoms with Gasteiger partial charge >= 0.3 is 0 Å². The van der Waals surface area contributed by atoms with E-state index in [1.165, 1.54) is 0 Å². The summed E-state index contributed by atoms with van der Waals surface area (Å²) in [5.41, 5.74) is -0.774. The molecule has 0 saturated heterocycles. The molecule has 1 N–H and O–H groups in total. The molecule has 0 bridgehead atoms. The lowest BCUT2D eigenvalue weighted by atomic mass is 9.87. The third-order valence-corrected chi connectivity index (χ3v) is 3.32. The highest BCUT2D eigenvalue weighted by atomic mass is 16.5. The van der Waals surface area contributed by atoms with Crippen LogP contribution in [0, 0.1) is 16.7 Å². The van der Waals surface area contributed by atoms with Gasteiger partial charge in [0.1, 0.15) is 5.41 Å². The molecule has 1 amide bonds. The molecule has 0 radical (unpaired) electrons. The molecule has 0 aromatic rings. The second-order valence-corrected chi connectivity index (χ2v) is 5.07. The Morgan fingerprint density at radius 1 is 1.39 bits per heavy atom. The van der Waals surface area contributed by atoms with Gasteiger partial charge in [-0.3, -0.25) is 4.79 Å². The molecule has 1 fully saturated rings. The number of likely N-dealkylation sites (N-methyl/N-ethyl adjacent to an activating group) is 1. The fourth-order valence-corrected chi connectivity index (χ4v) is 2.12. The Labute approximate surface area is 109 Å². The van der Waals surface area contributed by atoms with Crippen LogP contribution in [0.15, 0.2) is 0 Å². The van der Waals surface area contributed by atoms with Gasteiger partial charge in [0.15, 0.2) is 0 Å². The summed E-state index contributed by atoms with van der Waals surface area (Å²) >= 11 is 0. The maximum atomic E-state index is 11.9. The Morgan fingerprint density at radius 3 is 2.61 bits per heavy atom. The summed E-state index contributed by atoms with van der Waals surface area (Å²) < 4.78 is 5.38. The van der Waals surface area contributed by atoms with Gasteiger partial charge in [-0.05, 0) is 26.9 Å². The van der Waals surface area contributed by atoms with E-state index < -0.39 is 5.41 Å². The molecule has 1 aliphatic carbocycles. The predicted molar refractivity (Wildman–Crippen MR) is 68.9 cm³/mol. The van der Waals surface area contributed by atoms with Crippen LogP contribution in [0.2, 0.25) is 0 Å². The topological polar surface area (TPSA) is 65.4 Å². The first-order valence-corrected chi connectivity index (χ1v) is 6.53. The summed E-state index contributed by atoms with van der Waals surface area (Å²) in [5, 5.41) is 11.9. The molecule has 0 unspecified atom stereocenters. The van der Waals surface area contributed by atoms with Crippen molar-refractivity contribution in [1.82, 2.24) is 10.2 Å². The van der Waals surface area contributed by atoms with Crippen LogP contribution in [-0.4, -0.2) is 51.2 Å². The number of carbonyl (C=O) groups excluding carboxylic acids is 1. The lowest BCUT2D eigenvalue weighted by molar-refractivity contribution is -0.128. The normalized spacial score (nSPS) is 17.7. The van der Waals surface area contributed by atoms with Crippen LogP contribution in [0.1, 0.15) is 25.7 Å². The first-order chi connectivity index (χ1) is 8.60. The molecule has 102 valence electrons. The zero-order valence-corrected chi connectivity index (χ0v) is 11.4. The SMILES string of the molecule is CN(C)CCOCCNC(=O)C1(C#N)CCCC1. The van der Waals surface area contributed by atoms with E-state index in [0.29, 0.717) is 32.6 Å². The minimum absolute atomic E-state index is 0.126. The molecule has 5 nitrogen and oxygen atoms in total. The van der Waals surface area contributed by atoms with E-state index >= 15 is 0 Å². The van der Waals surface area contributed by atoms with Crippen LogP contribution in [0.4, 0.5) is 0 Å². The highest BCUT2D eigenvalue weighted by Crippen LogP contribution is 2.37. The maximum absolute atomic E-state index is 11.9. The van der Waals surface area contributed by atoms with Crippen molar-refractivity contribution in [3.8, 4) is 6.07 Å². The van der Waals surface area contributed by atoms with Gasteiger partial charge in [0.2, 0.25) is 5.91 Å². The van der Waals surface area contributed by atoms with E-state index in [1.807, 2.05) is 19.0 Å². The average Bonchev–Trinajstić information content (AvgIpc) is 2.83. The number of ether oxygens (including phenoxy) is 1. The third kappa shape index (κ3) is 4.28. The highest BCUT2D eigenvalue weighted by molar-refractivity contribution is 5.85. The largest absolute Gasteiger partial charge is 0.378 e. The second-order valence-electron chi connectivity index (χ2n) is 5.07. The number of nitrogens with zero attached hydrogens (tertiary/aromatic N) is 2. The smallest absolute Gasteiger partial charge is 0.240 e. The van der Waals surface area contributed by atoms with Gasteiger partial charge in [0.05, 0.1) is 19.3 Å². The van der Waals surface area contributed by atoms with Crippen LogP contribution in [0.5, 0.6) is 0 Å². The number of carbonyl (C=O) groups is 1. The van der Waals surface area contributed by atoms with Crippen molar-refractivity contribution in [2.45, 2.75) is 25.7 Å². The number of nitrogens with one attached hydrogen (secondary N) is 1. The van der Waals surface area contributed by atoms with Crippen LogP contribution < -0.4 is 5.32 Å². The molecule has 0 aromatic carbocycles. The van der Waals surface area contributed by atoms with Crippen molar-refractivity contribution >= 4 is 5.91 Å². The summed E-state index contributed by atoms with van der Waals surface area (Å²) in [4.78, 5) is 14.0. The highest BCUT2D eigenvalue weighted by Gasteiger charge is 2.41. The maximum Gasteiger partial charge on any atom is 0.240 e. The van der Waals surface area contributed by atoms with Gasteiger partial charge in [-0.15, -0.1) is 0 Å². The minimum atomic E-state index is -0.774. The van der Waals surface area contributed by atoms with Gasteiger partial charge in [-0.25, -0.2) is 0 Å². The molecule has 1 saturated carbocycles. The molecule has 0 aromatic heterocycles. The first-order valence-electron chi connectivity index (χ1n) is 6.53. The standard InChI is InChI=1S/C13H23N3O2/c1-16(2)8-10-18-9-7-15-12(17)13(11-14)5-3-4-6-13/h3-10H2,1-2H3,(H,15,17). The molecule has 0 atom stereocenters. The van der Waals surface area contributed by atoms with Gasteiger partial charge in [-0.2, -0.15) is 5.26 Å². The monoisotopic (exact) mass is 253 g/mol. The molecular weight excluding hydrogens is 230 g/mol. The van der Waals surface area contributed by atoms with Crippen LogP contribution >= 0.6 is 0 Å². The summed E-state index contributed by atoms with van der Waals surface area (Å²) in [6.45, 7) is 2.51. The quantitative estimate of drug-likeness (QED) is 0.680. The molecule has 0 spiro atoms. The Kier molecular flexibility index (Phi) is 6.10. The van der Waals surface area contributed by atoms with Crippen LogP contribution in [0.3, 0.4) is 0 Å². The fourth-order valence-electron chi connectivity index (χ4n) is 2.12. The minimum Gasteiger partial charge on any atom is -0.378 e. The van der Waals surface area contributed by atoms with Crippen LogP contribution in [0.25, 0.3) is 0 Å². The number of hydrogen-bond donors (Lipinski definition) is 1. The van der Waals surface area contributed by atoms with Crippen molar-refractivity contribution < 1.29 is 9.53 Å². The second kappa shape index (κ2) is 7.34. The Morgan fingerprint density at radius 2 is 2.06 bits per heavy atom. The Balaban J connectivity index is 2.15. The van der Waals surface area contributed by atoms with Crippen molar-refractivity contribution in [1.29, 1.82) is 5.26 Å². The summed E-state index contributed by atoms with van der Waals surface area (Å²) in [7, 11) is 3.98. The van der Waals surface area contributed by atoms with Crippen LogP contribution in [-0.2, 0) is 9.53 Å². The van der Waals surface area contributed by atoms with Gasteiger partial charge in [-0.1, -0.05) is 12.8 Å². The Hall–Kier alpha value is -1.12. The molecule has 1 rings (SSSR count). The fraction of sp³-hybridized carbons (Fsp3) is 0.846. The molecule has 0 aliphatic heterocycles. The average molecular weight is 253 g/mol. The van der Waals surface area contributed by atoms with E-state index in [-0.39, 0.29) is 5.91 Å². The van der Waals surface area contributed by atoms with E-state index in [0.717, 1.165) is 19.4 Å². The predicted octanol–water partition coefficient (Wildman–Crippen LogP) is 0.765. The third-order valence-electron chi connectivity index (χ3n) is 3.32. The van der Waals surface area contributed by atoms with Gasteiger partial charge in [0, 0.05) is 13.1 Å². The molecule has 1 aliphatic rings. The zero-order chi connectivity index (χ0) is 13.4. The molecule has 5 heteroatoms. The summed E-state index contributed by atoms with van der Waals surface area (Å²) in [6, 6.07) is 2.18. The first kappa shape index (κ1) is 14.9. The van der Waals surface area contributed by atoms with Crippen molar-refractivity contribution in [3.63, 3.8) is 0 Å². The summed E-state index contributed by atoms with van der Waals surface area (Å²) in [6.07, 6.45) is 3.33. The van der Waals surface area contributed by atoms with E-state index in [4.69, 9.17) is 10.00 Å². The number of hydrogen-bond acceptors (Lipinski definition) is 4. The number of rotatable bonds is 7. The number of amides is 1. The van der Waals surface area contributed by atoms with E-state index in [9.17, 15) is 4.79 Å². The van der Waals surface area contributed by atoms with Crippen molar-refractivity contribution in [3.05, 3.63) is 0 Å². The van der Waals surface area contributed by atoms with Crippen molar-refractivity contribution in [2.24, 2.45) is 5.41 Å². The Bertz CT molecular complexity index is 304. The molecule has 18 heavy (non-hydrogen) atoms. The lowest BCUT2D eigenvalue weighted by Crippen LogP contribution is -2.39. The van der Waals surface area contributed by atoms with Gasteiger partial charge < -0.3 is 15.0 Å². The van der Waals surface area contributed by atoms with E-state index in [1.54, 1.807) is 0 Å². The van der Waals surface area contributed by atoms with Gasteiger partial charge in [0.25, 0.3) is 0 Å². The molecule has 0 heterocycles. The summed E-state index contributed by atoms with van der Waals surface area (Å²) in [5.74, 6) is -0.126. The lowest BCUT2D eigenvalue weighted by Gasteiger charge is -2.19. The molecular formula is C13H23N3O2. The zero-order valence-electron chi connectivity index (χ0n) is 11.4. The van der Waals surface area contributed by atoms with Crippen molar-refractivity contribution in [2.75, 3.05) is 40.4 Å².